The molecule has 3 atom stereocenters. The number of ether oxygens (including phenoxy) is 2. The van der Waals surface area contributed by atoms with Gasteiger partial charge in [-0.3, -0.25) is 9.59 Å². The molecule has 3 rings (SSSR count). The van der Waals surface area contributed by atoms with Crippen molar-refractivity contribution in [1.29, 1.82) is 0 Å². The second-order valence-corrected chi connectivity index (χ2v) is 8.16. The van der Waals surface area contributed by atoms with Gasteiger partial charge in [0.05, 0.1) is 12.6 Å². The van der Waals surface area contributed by atoms with Crippen LogP contribution in [0, 0.1) is 18.3 Å². The number of nitrogens with zero attached hydrogens (tertiary/aromatic N) is 1. The van der Waals surface area contributed by atoms with Crippen molar-refractivity contribution in [3.05, 3.63) is 29.3 Å². The standard InChI is InChI=1S/C20H27NO4/c1-6-24-19(23)14-11-21(15(22)10-20(3,4)5)16-13-9-7-8-12(2)17(13)25-18(14)16/h7-9,14,16,18H,6,10-11H2,1-5H3/t14-,16+,18+/m1/s1. The van der Waals surface area contributed by atoms with E-state index in [0.29, 0.717) is 19.6 Å². The molecule has 5 nitrogen and oxygen atoms in total. The summed E-state index contributed by atoms with van der Waals surface area (Å²) >= 11 is 0. The molecule has 0 radical (unpaired) electrons. The highest BCUT2D eigenvalue weighted by molar-refractivity contribution is 5.82. The van der Waals surface area contributed by atoms with Gasteiger partial charge in [-0.25, -0.2) is 0 Å². The highest BCUT2D eigenvalue weighted by atomic mass is 16.5. The first-order chi connectivity index (χ1) is 11.7. The number of para-hydroxylation sites is 1. The number of hydrogen-bond acceptors (Lipinski definition) is 4. The Kier molecular flexibility index (Phi) is 4.52. The van der Waals surface area contributed by atoms with Gasteiger partial charge in [0.1, 0.15) is 17.8 Å². The topological polar surface area (TPSA) is 55.8 Å². The fourth-order valence-corrected chi connectivity index (χ4v) is 3.79. The molecular formula is C20H27NO4. The smallest absolute Gasteiger partial charge is 0.314 e. The van der Waals surface area contributed by atoms with Gasteiger partial charge in [-0.15, -0.1) is 0 Å². The Morgan fingerprint density at radius 2 is 2.04 bits per heavy atom. The monoisotopic (exact) mass is 345 g/mol. The summed E-state index contributed by atoms with van der Waals surface area (Å²) in [5.41, 5.74) is 1.92. The maximum absolute atomic E-state index is 12.9. The normalized spacial score (nSPS) is 24.5. The van der Waals surface area contributed by atoms with Crippen molar-refractivity contribution < 1.29 is 19.1 Å². The van der Waals surface area contributed by atoms with E-state index in [0.717, 1.165) is 16.9 Å². The van der Waals surface area contributed by atoms with Crippen LogP contribution in [0.2, 0.25) is 0 Å². The second kappa shape index (κ2) is 6.36. The summed E-state index contributed by atoms with van der Waals surface area (Å²) in [5.74, 6) is 0.141. The van der Waals surface area contributed by atoms with Crippen LogP contribution < -0.4 is 4.74 Å². The Balaban J connectivity index is 1.95. The molecule has 5 heteroatoms. The minimum absolute atomic E-state index is 0.0623. The van der Waals surface area contributed by atoms with Crippen LogP contribution >= 0.6 is 0 Å². The lowest BCUT2D eigenvalue weighted by Crippen LogP contribution is -2.34. The summed E-state index contributed by atoms with van der Waals surface area (Å²) in [5, 5.41) is 0. The van der Waals surface area contributed by atoms with Crippen LogP contribution in [0.25, 0.3) is 0 Å². The SMILES string of the molecule is CCOC(=O)[C@@H]1CN(C(=O)CC(C)(C)C)[C@H]2c3cccc(C)c3O[C@@H]12. The molecule has 0 unspecified atom stereocenters. The summed E-state index contributed by atoms with van der Waals surface area (Å²) in [4.78, 5) is 27.2. The number of aryl methyl sites for hydroxylation is 1. The summed E-state index contributed by atoms with van der Waals surface area (Å²) in [6.07, 6.45) is 0.0754. The molecule has 0 spiro atoms. The van der Waals surface area contributed by atoms with Gasteiger partial charge in [0.25, 0.3) is 0 Å². The Bertz CT molecular complexity index is 691. The first kappa shape index (κ1) is 17.8. The average Bonchev–Trinajstić information content (AvgIpc) is 3.04. The zero-order valence-corrected chi connectivity index (χ0v) is 15.7. The summed E-state index contributed by atoms with van der Waals surface area (Å²) in [6, 6.07) is 5.75. The molecular weight excluding hydrogens is 318 g/mol. The van der Waals surface area contributed by atoms with E-state index in [4.69, 9.17) is 9.47 Å². The van der Waals surface area contributed by atoms with Gasteiger partial charge < -0.3 is 14.4 Å². The highest BCUT2D eigenvalue weighted by Gasteiger charge is 2.54. The quantitative estimate of drug-likeness (QED) is 0.789. The summed E-state index contributed by atoms with van der Waals surface area (Å²) in [7, 11) is 0. The van der Waals surface area contributed by atoms with Crippen LogP contribution in [0.1, 0.15) is 51.3 Å². The molecule has 0 aliphatic carbocycles. The molecule has 0 bridgehead atoms. The van der Waals surface area contributed by atoms with Crippen molar-refractivity contribution in [3.63, 3.8) is 0 Å². The molecule has 1 aromatic carbocycles. The van der Waals surface area contributed by atoms with Crippen LogP contribution in [0.5, 0.6) is 5.75 Å². The molecule has 2 aliphatic heterocycles. The number of carbonyl (C=O) groups is 2. The Morgan fingerprint density at radius 3 is 2.68 bits per heavy atom. The predicted molar refractivity (Wildman–Crippen MR) is 94.2 cm³/mol. The van der Waals surface area contributed by atoms with Crippen LogP contribution in [0.4, 0.5) is 0 Å². The minimum atomic E-state index is -0.444. The van der Waals surface area contributed by atoms with Crippen molar-refractivity contribution in [2.45, 2.75) is 53.2 Å². The van der Waals surface area contributed by atoms with Gasteiger partial charge >= 0.3 is 5.97 Å². The zero-order valence-electron chi connectivity index (χ0n) is 15.7. The Morgan fingerprint density at radius 1 is 1.32 bits per heavy atom. The largest absolute Gasteiger partial charge is 0.486 e. The number of rotatable bonds is 3. The van der Waals surface area contributed by atoms with Crippen molar-refractivity contribution in [2.75, 3.05) is 13.2 Å². The lowest BCUT2D eigenvalue weighted by atomic mass is 9.91. The molecule has 1 amide bonds. The van der Waals surface area contributed by atoms with E-state index in [9.17, 15) is 9.59 Å². The number of fused-ring (bicyclic) bond motifs is 3. The van der Waals surface area contributed by atoms with E-state index in [1.54, 1.807) is 6.92 Å². The van der Waals surface area contributed by atoms with Gasteiger partial charge in [0.2, 0.25) is 5.91 Å². The maximum atomic E-state index is 12.9. The fraction of sp³-hybridized carbons (Fsp3) is 0.600. The van der Waals surface area contributed by atoms with Crippen LogP contribution in [-0.2, 0) is 14.3 Å². The van der Waals surface area contributed by atoms with E-state index in [-0.39, 0.29) is 29.4 Å². The van der Waals surface area contributed by atoms with Crippen molar-refractivity contribution in [1.82, 2.24) is 4.90 Å². The zero-order chi connectivity index (χ0) is 18.4. The van der Waals surface area contributed by atoms with Gasteiger partial charge in [0, 0.05) is 18.5 Å². The molecule has 136 valence electrons. The van der Waals surface area contributed by atoms with Crippen LogP contribution in [0.3, 0.4) is 0 Å². The first-order valence-electron chi connectivity index (χ1n) is 8.95. The Labute approximate surface area is 149 Å². The Hall–Kier alpha value is -2.04. The lowest BCUT2D eigenvalue weighted by Gasteiger charge is -2.27. The van der Waals surface area contributed by atoms with E-state index in [1.807, 2.05) is 50.8 Å². The highest BCUT2D eigenvalue weighted by Crippen LogP contribution is 2.49. The predicted octanol–water partition coefficient (Wildman–Crippen LogP) is 3.25. The molecule has 2 heterocycles. The third-order valence-electron chi connectivity index (χ3n) is 4.84. The molecule has 1 aromatic rings. The average molecular weight is 345 g/mol. The molecule has 1 fully saturated rings. The van der Waals surface area contributed by atoms with Gasteiger partial charge in [0.15, 0.2) is 0 Å². The first-order valence-corrected chi connectivity index (χ1v) is 8.95. The van der Waals surface area contributed by atoms with Crippen molar-refractivity contribution >= 4 is 11.9 Å². The third-order valence-corrected chi connectivity index (χ3v) is 4.84. The number of amides is 1. The molecule has 1 saturated heterocycles. The lowest BCUT2D eigenvalue weighted by molar-refractivity contribution is -0.149. The van der Waals surface area contributed by atoms with E-state index < -0.39 is 5.92 Å². The van der Waals surface area contributed by atoms with E-state index >= 15 is 0 Å². The number of likely N-dealkylation sites (tertiary alicyclic amines) is 1. The van der Waals surface area contributed by atoms with E-state index in [1.165, 1.54) is 0 Å². The maximum Gasteiger partial charge on any atom is 0.314 e. The number of esters is 1. The number of carbonyl (C=O) groups excluding carboxylic acids is 2. The summed E-state index contributed by atoms with van der Waals surface area (Å²) in [6.45, 7) is 10.6. The molecule has 0 N–H and O–H groups in total. The molecule has 0 aromatic heterocycles. The third kappa shape index (κ3) is 3.24. The minimum Gasteiger partial charge on any atom is -0.486 e. The van der Waals surface area contributed by atoms with E-state index in [2.05, 4.69) is 0 Å². The molecule has 0 saturated carbocycles. The van der Waals surface area contributed by atoms with Gasteiger partial charge in [-0.1, -0.05) is 39.0 Å². The van der Waals surface area contributed by atoms with Gasteiger partial charge in [-0.2, -0.15) is 0 Å². The molecule has 25 heavy (non-hydrogen) atoms. The number of hydrogen-bond donors (Lipinski definition) is 0. The molecule has 2 aliphatic rings. The number of benzene rings is 1. The summed E-state index contributed by atoms with van der Waals surface area (Å²) < 4.78 is 11.4. The van der Waals surface area contributed by atoms with Crippen LogP contribution in [0.15, 0.2) is 18.2 Å². The van der Waals surface area contributed by atoms with Crippen molar-refractivity contribution in [2.24, 2.45) is 11.3 Å². The van der Waals surface area contributed by atoms with Gasteiger partial charge in [-0.05, 0) is 24.8 Å². The fourth-order valence-electron chi connectivity index (χ4n) is 3.79. The van der Waals surface area contributed by atoms with Crippen molar-refractivity contribution in [3.8, 4) is 5.75 Å². The van der Waals surface area contributed by atoms with Crippen LogP contribution in [-0.4, -0.2) is 36.0 Å². The second-order valence-electron chi connectivity index (χ2n) is 8.16.